The topological polar surface area (TPSA) is 89.1 Å². The molecule has 0 aliphatic carbocycles. The summed E-state index contributed by atoms with van der Waals surface area (Å²) in [5.74, 6) is -0.182. The number of carbonyl (C=O) groups is 1. The summed E-state index contributed by atoms with van der Waals surface area (Å²) in [6.07, 6.45) is 0. The van der Waals surface area contributed by atoms with Crippen molar-refractivity contribution in [3.63, 3.8) is 0 Å². The quantitative estimate of drug-likeness (QED) is 0.511. The largest absolute Gasteiger partial charge is 0.483 e. The number of carboxylic acids is 1. The Balaban J connectivity index is 0.000000360. The molecule has 1 aliphatic rings. The van der Waals surface area contributed by atoms with Crippen LogP contribution in [0.3, 0.4) is 0 Å². The van der Waals surface area contributed by atoms with Gasteiger partial charge in [-0.15, -0.1) is 0 Å². The first-order chi connectivity index (χ1) is 8.54. The number of nitrogens with one attached hydrogen (secondary N) is 2. The molecule has 108 valence electrons. The van der Waals surface area contributed by atoms with E-state index in [1.807, 2.05) is 6.92 Å². The molecule has 1 aliphatic heterocycles. The Bertz CT molecular complexity index is 219. The van der Waals surface area contributed by atoms with Crippen LogP contribution in [0.25, 0.3) is 0 Å². The molecule has 0 bridgehead atoms. The molecular weight excluding hydrogens is 256 g/mol. The molecule has 3 N–H and O–H groups in total. The fraction of sp³-hybridized carbons (Fsp3) is 0.900. The molecule has 1 fully saturated rings. The van der Waals surface area contributed by atoms with Crippen molar-refractivity contribution in [3.05, 3.63) is 0 Å². The Hall–Kier alpha value is -0.513. The van der Waals surface area contributed by atoms with Crippen molar-refractivity contribution < 1.29 is 23.2 Å². The zero-order valence-electron chi connectivity index (χ0n) is 11.4. The summed E-state index contributed by atoms with van der Waals surface area (Å²) in [6, 6.07) is 0.312. The van der Waals surface area contributed by atoms with Crippen LogP contribution in [0.5, 0.6) is 0 Å². The van der Waals surface area contributed by atoms with E-state index in [2.05, 4.69) is 10.6 Å². The molecule has 0 spiro atoms. The molecule has 0 saturated carbocycles. The zero-order valence-corrected chi connectivity index (χ0v) is 12.6. The summed E-state index contributed by atoms with van der Waals surface area (Å²) in [5.41, 5.74) is 0. The lowest BCUT2D eigenvalue weighted by Crippen LogP contribution is -2.52. The lowest BCUT2D eigenvalue weighted by atomic mass is 9.95. The van der Waals surface area contributed by atoms with Crippen LogP contribution in [0.15, 0.2) is 0 Å². The van der Waals surface area contributed by atoms with Crippen molar-refractivity contribution in [2.24, 2.45) is 5.92 Å². The average molecular weight is 280 g/mol. The lowest BCUT2D eigenvalue weighted by molar-refractivity contribution is -0.136. The summed E-state index contributed by atoms with van der Waals surface area (Å²) in [7, 11) is 3.05. The van der Waals surface area contributed by atoms with Gasteiger partial charge in [-0.05, 0) is 12.8 Å². The summed E-state index contributed by atoms with van der Waals surface area (Å²) in [4.78, 5) is 10.2. The first-order valence-electron chi connectivity index (χ1n) is 5.79. The normalized spacial score (nSPS) is 16.7. The van der Waals surface area contributed by atoms with Gasteiger partial charge in [0, 0.05) is 40.5 Å². The SMILES string of the molecule is CC(NCC(=O)O)C1CNC1.CO[SiH](OC)OC. The van der Waals surface area contributed by atoms with Gasteiger partial charge in [0.25, 0.3) is 0 Å². The lowest BCUT2D eigenvalue weighted by Gasteiger charge is -2.32. The number of aliphatic carboxylic acids is 1. The smallest absolute Gasteiger partial charge is 0.480 e. The second kappa shape index (κ2) is 10.4. The summed E-state index contributed by atoms with van der Waals surface area (Å²) >= 11 is 0. The third kappa shape index (κ3) is 7.74. The fourth-order valence-corrected chi connectivity index (χ4v) is 1.95. The molecule has 0 aromatic heterocycles. The van der Waals surface area contributed by atoms with Crippen molar-refractivity contribution in [3.8, 4) is 0 Å². The van der Waals surface area contributed by atoms with E-state index >= 15 is 0 Å². The van der Waals surface area contributed by atoms with E-state index in [-0.39, 0.29) is 6.54 Å². The Morgan fingerprint density at radius 1 is 1.39 bits per heavy atom. The predicted molar refractivity (Wildman–Crippen MR) is 69.6 cm³/mol. The van der Waals surface area contributed by atoms with Crippen LogP contribution in [-0.4, -0.2) is 67.6 Å². The third-order valence-corrected chi connectivity index (χ3v) is 3.83. The molecule has 1 rings (SSSR count). The van der Waals surface area contributed by atoms with Crippen molar-refractivity contribution in [2.45, 2.75) is 13.0 Å². The number of rotatable bonds is 7. The molecule has 0 aromatic rings. The van der Waals surface area contributed by atoms with Crippen LogP contribution in [-0.2, 0) is 18.1 Å². The van der Waals surface area contributed by atoms with Crippen molar-refractivity contribution in [2.75, 3.05) is 41.0 Å². The van der Waals surface area contributed by atoms with Gasteiger partial charge in [0.2, 0.25) is 0 Å². The average Bonchev–Trinajstić information content (AvgIpc) is 2.27. The predicted octanol–water partition coefficient (Wildman–Crippen LogP) is -1.09. The van der Waals surface area contributed by atoms with E-state index in [0.29, 0.717) is 12.0 Å². The molecule has 1 atom stereocenters. The van der Waals surface area contributed by atoms with Crippen LogP contribution >= 0.6 is 0 Å². The van der Waals surface area contributed by atoms with E-state index in [1.165, 1.54) is 0 Å². The maximum atomic E-state index is 10.2. The maximum absolute atomic E-state index is 10.2. The second-order valence-corrected chi connectivity index (χ2v) is 5.97. The van der Waals surface area contributed by atoms with E-state index in [1.54, 1.807) is 21.3 Å². The van der Waals surface area contributed by atoms with E-state index in [4.69, 9.17) is 18.4 Å². The number of carboxylic acid groups (broad SMARTS) is 1. The standard InChI is InChI=1S/C7H14N2O2.C3H10O3Si/c1-5(6-2-8-3-6)9-4-7(10)11;1-4-7(5-2)6-3/h5-6,8-9H,2-4H2,1H3,(H,10,11);7H,1-3H3. The molecule has 1 heterocycles. The van der Waals surface area contributed by atoms with Gasteiger partial charge in [-0.1, -0.05) is 0 Å². The van der Waals surface area contributed by atoms with Gasteiger partial charge in [-0.25, -0.2) is 0 Å². The first-order valence-corrected chi connectivity index (χ1v) is 7.20. The molecule has 18 heavy (non-hydrogen) atoms. The third-order valence-electron chi connectivity index (χ3n) is 2.67. The highest BCUT2D eigenvalue weighted by Gasteiger charge is 2.23. The molecule has 8 heteroatoms. The molecular formula is C10H24N2O5Si. The molecule has 0 aromatic carbocycles. The molecule has 1 saturated heterocycles. The zero-order chi connectivity index (χ0) is 14.0. The van der Waals surface area contributed by atoms with Gasteiger partial charge in [0.1, 0.15) is 0 Å². The van der Waals surface area contributed by atoms with Crippen molar-refractivity contribution >= 4 is 15.5 Å². The molecule has 7 nitrogen and oxygen atoms in total. The Labute approximate surface area is 110 Å². The van der Waals surface area contributed by atoms with Crippen LogP contribution < -0.4 is 10.6 Å². The highest BCUT2D eigenvalue weighted by molar-refractivity contribution is 6.36. The van der Waals surface area contributed by atoms with E-state index in [9.17, 15) is 4.79 Å². The minimum absolute atomic E-state index is 0.0671. The first kappa shape index (κ1) is 17.5. The highest BCUT2D eigenvalue weighted by Crippen LogP contribution is 2.07. The monoisotopic (exact) mass is 280 g/mol. The van der Waals surface area contributed by atoms with E-state index in [0.717, 1.165) is 13.1 Å². The van der Waals surface area contributed by atoms with Gasteiger partial charge < -0.3 is 29.0 Å². The summed E-state index contributed by atoms with van der Waals surface area (Å²) in [6.45, 7) is 4.10. The van der Waals surface area contributed by atoms with Crippen LogP contribution in [0.2, 0.25) is 0 Å². The van der Waals surface area contributed by atoms with Crippen molar-refractivity contribution in [1.29, 1.82) is 0 Å². The maximum Gasteiger partial charge on any atom is 0.483 e. The Kier molecular flexibility index (Phi) is 10.1. The highest BCUT2D eigenvalue weighted by atomic mass is 28.3. The van der Waals surface area contributed by atoms with Gasteiger partial charge >= 0.3 is 15.5 Å². The molecule has 0 amide bonds. The van der Waals surface area contributed by atoms with Gasteiger partial charge in [-0.3, -0.25) is 4.79 Å². The summed E-state index contributed by atoms with van der Waals surface area (Å²) < 4.78 is 14.2. The number of hydrogen-bond donors (Lipinski definition) is 3. The van der Waals surface area contributed by atoms with Crippen LogP contribution in [0, 0.1) is 5.92 Å². The van der Waals surface area contributed by atoms with E-state index < -0.39 is 15.5 Å². The van der Waals surface area contributed by atoms with Gasteiger partial charge in [-0.2, -0.15) is 0 Å². The molecule has 0 radical (unpaired) electrons. The minimum Gasteiger partial charge on any atom is -0.480 e. The Morgan fingerprint density at radius 2 is 1.89 bits per heavy atom. The summed E-state index contributed by atoms with van der Waals surface area (Å²) in [5, 5.41) is 14.4. The van der Waals surface area contributed by atoms with Gasteiger partial charge in [0.05, 0.1) is 6.54 Å². The van der Waals surface area contributed by atoms with Crippen molar-refractivity contribution in [1.82, 2.24) is 10.6 Å². The van der Waals surface area contributed by atoms with Crippen LogP contribution in [0.1, 0.15) is 6.92 Å². The number of hydrogen-bond acceptors (Lipinski definition) is 6. The van der Waals surface area contributed by atoms with Crippen LogP contribution in [0.4, 0.5) is 0 Å². The van der Waals surface area contributed by atoms with Gasteiger partial charge in [0.15, 0.2) is 0 Å². The molecule has 1 unspecified atom stereocenters. The Morgan fingerprint density at radius 3 is 2.11 bits per heavy atom. The second-order valence-electron chi connectivity index (χ2n) is 3.98. The minimum atomic E-state index is -1.67. The fourth-order valence-electron chi connectivity index (χ4n) is 1.37.